The number of piperidine rings is 2. The molecule has 2 saturated heterocycles. The van der Waals surface area contributed by atoms with Gasteiger partial charge in [-0.05, 0) is 18.8 Å². The summed E-state index contributed by atoms with van der Waals surface area (Å²) in [5.41, 5.74) is 0. The smallest absolute Gasteiger partial charge is 0.220 e. The molecule has 2 rings (SSSR count). The van der Waals surface area contributed by atoms with Crippen LogP contribution in [0.2, 0.25) is 0 Å². The Hall–Kier alpha value is -1.06. The highest BCUT2D eigenvalue weighted by Crippen LogP contribution is 2.24. The average Bonchev–Trinajstić information content (AvgIpc) is 2.17. The molecule has 4 heteroatoms. The molecule has 2 unspecified atom stereocenters. The van der Waals surface area contributed by atoms with Gasteiger partial charge >= 0.3 is 0 Å². The van der Waals surface area contributed by atoms with Crippen molar-refractivity contribution in [2.24, 2.45) is 5.92 Å². The first-order valence-electron chi connectivity index (χ1n) is 4.78. The molecular formula is C9H14N2O2. The Morgan fingerprint density at radius 2 is 2.31 bits per heavy atom. The monoisotopic (exact) mass is 182 g/mol. The number of likely N-dealkylation sites (tertiary alicyclic amines) is 1. The number of carbonyl (C=O) groups is 2. The van der Waals surface area contributed by atoms with Crippen LogP contribution in [-0.4, -0.2) is 36.3 Å². The van der Waals surface area contributed by atoms with Gasteiger partial charge in [-0.2, -0.15) is 0 Å². The fourth-order valence-electron chi connectivity index (χ4n) is 2.23. The Morgan fingerprint density at radius 1 is 1.46 bits per heavy atom. The van der Waals surface area contributed by atoms with Gasteiger partial charge in [0, 0.05) is 25.6 Å². The molecule has 0 aromatic rings. The summed E-state index contributed by atoms with van der Waals surface area (Å²) in [6.45, 7) is 1.60. The molecular weight excluding hydrogens is 168 g/mol. The molecule has 0 aromatic carbocycles. The Morgan fingerprint density at radius 3 is 3.08 bits per heavy atom. The number of nitrogens with zero attached hydrogens (tertiary/aromatic N) is 1. The van der Waals surface area contributed by atoms with Gasteiger partial charge in [-0.3, -0.25) is 9.59 Å². The predicted octanol–water partition coefficient (Wildman–Crippen LogP) is -0.257. The highest BCUT2D eigenvalue weighted by Gasteiger charge is 2.33. The van der Waals surface area contributed by atoms with Gasteiger partial charge < -0.3 is 10.2 Å². The molecule has 2 atom stereocenters. The zero-order chi connectivity index (χ0) is 9.26. The number of hydrogen-bond donors (Lipinski definition) is 1. The molecule has 0 radical (unpaired) electrons. The standard InChI is InChI=1S/C9H14N2O2/c12-6-11-4-3-8-7(5-11)1-2-9(13)10-8/h6-8H,1-5H2,(H,10,13). The summed E-state index contributed by atoms with van der Waals surface area (Å²) in [5, 5.41) is 2.98. The molecule has 0 bridgehead atoms. The minimum Gasteiger partial charge on any atom is -0.353 e. The van der Waals surface area contributed by atoms with E-state index < -0.39 is 0 Å². The molecule has 0 aliphatic carbocycles. The molecule has 13 heavy (non-hydrogen) atoms. The topological polar surface area (TPSA) is 49.4 Å². The normalized spacial score (nSPS) is 33.5. The van der Waals surface area contributed by atoms with Gasteiger partial charge in [0.2, 0.25) is 12.3 Å². The highest BCUT2D eigenvalue weighted by atomic mass is 16.2. The number of carbonyl (C=O) groups excluding carboxylic acids is 2. The van der Waals surface area contributed by atoms with Gasteiger partial charge in [-0.25, -0.2) is 0 Å². The summed E-state index contributed by atoms with van der Waals surface area (Å²) >= 11 is 0. The summed E-state index contributed by atoms with van der Waals surface area (Å²) in [7, 11) is 0. The number of nitrogens with one attached hydrogen (secondary N) is 1. The maximum atomic E-state index is 11.1. The second-order valence-electron chi connectivity index (χ2n) is 3.86. The second-order valence-corrected chi connectivity index (χ2v) is 3.86. The molecule has 2 amide bonds. The third kappa shape index (κ3) is 1.66. The van der Waals surface area contributed by atoms with Gasteiger partial charge in [0.1, 0.15) is 0 Å². The van der Waals surface area contributed by atoms with Crippen LogP contribution in [0, 0.1) is 5.92 Å². The van der Waals surface area contributed by atoms with E-state index >= 15 is 0 Å². The van der Waals surface area contributed by atoms with E-state index in [0.29, 0.717) is 18.4 Å². The molecule has 2 aliphatic heterocycles. The summed E-state index contributed by atoms with van der Waals surface area (Å²) in [5.74, 6) is 0.650. The largest absolute Gasteiger partial charge is 0.353 e. The Kier molecular flexibility index (Phi) is 2.20. The minimum atomic E-state index is 0.167. The highest BCUT2D eigenvalue weighted by molar-refractivity contribution is 5.77. The third-order valence-electron chi connectivity index (χ3n) is 3.00. The summed E-state index contributed by atoms with van der Waals surface area (Å²) in [6, 6.07) is 0.317. The number of amides is 2. The summed E-state index contributed by atoms with van der Waals surface area (Å²) in [6.07, 6.45) is 3.37. The lowest BCUT2D eigenvalue weighted by Crippen LogP contribution is -2.53. The van der Waals surface area contributed by atoms with Crippen molar-refractivity contribution in [3.63, 3.8) is 0 Å². The number of rotatable bonds is 1. The summed E-state index contributed by atoms with van der Waals surface area (Å²) in [4.78, 5) is 23.4. The number of hydrogen-bond acceptors (Lipinski definition) is 2. The average molecular weight is 182 g/mol. The molecule has 1 N–H and O–H groups in total. The van der Waals surface area contributed by atoms with Crippen LogP contribution in [0.1, 0.15) is 19.3 Å². The summed E-state index contributed by atoms with van der Waals surface area (Å²) < 4.78 is 0. The lowest BCUT2D eigenvalue weighted by atomic mass is 9.85. The molecule has 0 aromatic heterocycles. The van der Waals surface area contributed by atoms with Crippen LogP contribution in [0.5, 0.6) is 0 Å². The van der Waals surface area contributed by atoms with E-state index in [0.717, 1.165) is 32.3 Å². The van der Waals surface area contributed by atoms with Crippen molar-refractivity contribution in [3.8, 4) is 0 Å². The third-order valence-corrected chi connectivity index (χ3v) is 3.00. The lowest BCUT2D eigenvalue weighted by Gasteiger charge is -2.39. The molecule has 2 heterocycles. The van der Waals surface area contributed by atoms with Gasteiger partial charge in [-0.1, -0.05) is 0 Å². The van der Waals surface area contributed by atoms with E-state index in [4.69, 9.17) is 0 Å². The molecule has 2 aliphatic rings. The van der Waals surface area contributed by atoms with E-state index in [2.05, 4.69) is 5.32 Å². The van der Waals surface area contributed by atoms with Gasteiger partial charge in [0.05, 0.1) is 0 Å². The van der Waals surface area contributed by atoms with Crippen LogP contribution in [0.3, 0.4) is 0 Å². The van der Waals surface area contributed by atoms with Crippen LogP contribution < -0.4 is 5.32 Å². The van der Waals surface area contributed by atoms with Crippen molar-refractivity contribution in [1.82, 2.24) is 10.2 Å². The molecule has 4 nitrogen and oxygen atoms in total. The number of fused-ring (bicyclic) bond motifs is 1. The maximum absolute atomic E-state index is 11.1. The van der Waals surface area contributed by atoms with Crippen molar-refractivity contribution in [3.05, 3.63) is 0 Å². The molecule has 0 saturated carbocycles. The Labute approximate surface area is 77.3 Å². The lowest BCUT2D eigenvalue weighted by molar-refractivity contribution is -0.126. The van der Waals surface area contributed by atoms with Crippen LogP contribution in [0.4, 0.5) is 0 Å². The van der Waals surface area contributed by atoms with Crippen molar-refractivity contribution in [2.45, 2.75) is 25.3 Å². The van der Waals surface area contributed by atoms with Crippen LogP contribution in [-0.2, 0) is 9.59 Å². The van der Waals surface area contributed by atoms with E-state index in [-0.39, 0.29) is 5.91 Å². The maximum Gasteiger partial charge on any atom is 0.220 e. The molecule has 72 valence electrons. The molecule has 0 spiro atoms. The first kappa shape index (κ1) is 8.53. The van der Waals surface area contributed by atoms with E-state index in [1.165, 1.54) is 0 Å². The first-order chi connectivity index (χ1) is 6.29. The van der Waals surface area contributed by atoms with Crippen LogP contribution in [0.25, 0.3) is 0 Å². The van der Waals surface area contributed by atoms with Crippen molar-refractivity contribution >= 4 is 12.3 Å². The van der Waals surface area contributed by atoms with Crippen molar-refractivity contribution in [1.29, 1.82) is 0 Å². The minimum absolute atomic E-state index is 0.167. The van der Waals surface area contributed by atoms with Gasteiger partial charge in [0.25, 0.3) is 0 Å². The zero-order valence-electron chi connectivity index (χ0n) is 7.53. The Bertz CT molecular complexity index is 230. The molecule has 2 fully saturated rings. The first-order valence-corrected chi connectivity index (χ1v) is 4.78. The van der Waals surface area contributed by atoms with Crippen LogP contribution >= 0.6 is 0 Å². The van der Waals surface area contributed by atoms with E-state index in [9.17, 15) is 9.59 Å². The predicted molar refractivity (Wildman–Crippen MR) is 46.9 cm³/mol. The van der Waals surface area contributed by atoms with Crippen molar-refractivity contribution in [2.75, 3.05) is 13.1 Å². The fourth-order valence-corrected chi connectivity index (χ4v) is 2.23. The van der Waals surface area contributed by atoms with E-state index in [1.54, 1.807) is 4.90 Å². The van der Waals surface area contributed by atoms with E-state index in [1.807, 2.05) is 0 Å². The van der Waals surface area contributed by atoms with Gasteiger partial charge in [0.15, 0.2) is 0 Å². The quantitative estimate of drug-likeness (QED) is 0.568. The fraction of sp³-hybridized carbons (Fsp3) is 0.778. The SMILES string of the molecule is O=CN1CCC2NC(=O)CCC2C1. The van der Waals surface area contributed by atoms with Crippen LogP contribution in [0.15, 0.2) is 0 Å². The van der Waals surface area contributed by atoms with Crippen molar-refractivity contribution < 1.29 is 9.59 Å². The second kappa shape index (κ2) is 3.36. The van der Waals surface area contributed by atoms with Gasteiger partial charge in [-0.15, -0.1) is 0 Å². The Balaban J connectivity index is 1.97. The zero-order valence-corrected chi connectivity index (χ0v) is 7.53.